The number of hydrogen-bond acceptors (Lipinski definition) is 10. The predicted octanol–water partition coefficient (Wildman–Crippen LogP) is 1.93. The van der Waals surface area contributed by atoms with Crippen LogP contribution in [0.4, 0.5) is 0 Å². The molecule has 36 heavy (non-hydrogen) atoms. The van der Waals surface area contributed by atoms with Crippen LogP contribution >= 0.6 is 0 Å². The third-order valence-electron chi connectivity index (χ3n) is 4.27. The van der Waals surface area contributed by atoms with Crippen molar-refractivity contribution in [1.82, 2.24) is 10.9 Å². The molecule has 0 aliphatic heterocycles. The molecule has 0 aromatic heterocycles. The van der Waals surface area contributed by atoms with Gasteiger partial charge in [-0.05, 0) is 47.5 Å². The second-order valence-corrected chi connectivity index (χ2v) is 7.09. The quantitative estimate of drug-likeness (QED) is 0.206. The summed E-state index contributed by atoms with van der Waals surface area (Å²) >= 11 is 0. The van der Waals surface area contributed by atoms with Crippen LogP contribution in [0.15, 0.2) is 46.6 Å². The second-order valence-electron chi connectivity index (χ2n) is 7.09. The van der Waals surface area contributed by atoms with Gasteiger partial charge in [0.2, 0.25) is 11.8 Å². The lowest BCUT2D eigenvalue weighted by Gasteiger charge is -2.08. The van der Waals surface area contributed by atoms with E-state index in [2.05, 4.69) is 21.1 Å². The summed E-state index contributed by atoms with van der Waals surface area (Å²) < 4.78 is 20.4. The molecule has 0 aliphatic rings. The molecule has 0 bridgehead atoms. The van der Waals surface area contributed by atoms with Gasteiger partial charge in [-0.1, -0.05) is 0 Å². The number of nitrogens with one attached hydrogen (secondary N) is 2. The molecule has 190 valence electrons. The number of hydrogen-bond donors (Lipinski definition) is 2. The number of nitrogens with zero attached hydrogens (tertiary/aromatic N) is 2. The molecule has 0 spiro atoms. The van der Waals surface area contributed by atoms with Gasteiger partial charge in [0.05, 0.1) is 26.6 Å². The topological polar surface area (TPSA) is 154 Å². The first-order chi connectivity index (χ1) is 17.2. The highest BCUT2D eigenvalue weighted by Gasteiger charge is 2.09. The minimum Gasteiger partial charge on any atom is -0.493 e. The zero-order valence-corrected chi connectivity index (χ0v) is 20.2. The standard InChI is InChI=1S/C24H26N4O8/c1-15(29)35-19-7-5-17(11-21(19)33-3)13-25-27-23(31)9-10-24(32)28-26-14-18-6-8-20(36-16(2)30)22(12-18)34-4/h5-8,11-14H,9-10H2,1-4H3,(H,27,31)(H,28,32)/b25-13+,26-14+. The number of rotatable bonds is 11. The third kappa shape index (κ3) is 9.25. The number of methoxy groups -OCH3 is 2. The lowest BCUT2D eigenvalue weighted by Crippen LogP contribution is -2.22. The van der Waals surface area contributed by atoms with Crippen LogP contribution in [0.1, 0.15) is 37.8 Å². The van der Waals surface area contributed by atoms with Crippen LogP contribution in [0.3, 0.4) is 0 Å². The van der Waals surface area contributed by atoms with Gasteiger partial charge in [-0.15, -0.1) is 0 Å². The van der Waals surface area contributed by atoms with Gasteiger partial charge in [-0.3, -0.25) is 19.2 Å². The highest BCUT2D eigenvalue weighted by molar-refractivity contribution is 5.87. The van der Waals surface area contributed by atoms with Crippen molar-refractivity contribution >= 4 is 36.2 Å². The predicted molar refractivity (Wildman–Crippen MR) is 129 cm³/mol. The van der Waals surface area contributed by atoms with Gasteiger partial charge in [0, 0.05) is 26.7 Å². The number of carbonyl (C=O) groups excluding carboxylic acids is 4. The van der Waals surface area contributed by atoms with Crippen molar-refractivity contribution in [3.05, 3.63) is 47.5 Å². The second kappa shape index (κ2) is 13.8. The average molecular weight is 498 g/mol. The van der Waals surface area contributed by atoms with Gasteiger partial charge < -0.3 is 18.9 Å². The van der Waals surface area contributed by atoms with Crippen LogP contribution in [-0.4, -0.2) is 50.4 Å². The van der Waals surface area contributed by atoms with E-state index in [1.165, 1.54) is 40.5 Å². The van der Waals surface area contributed by atoms with Crippen LogP contribution in [0.5, 0.6) is 23.0 Å². The first kappa shape index (κ1) is 27.5. The summed E-state index contributed by atoms with van der Waals surface area (Å²) in [6, 6.07) is 9.50. The fourth-order valence-corrected chi connectivity index (χ4v) is 2.70. The molecule has 0 radical (unpaired) electrons. The Morgan fingerprint density at radius 2 is 1.08 bits per heavy atom. The van der Waals surface area contributed by atoms with Gasteiger partial charge in [0.1, 0.15) is 0 Å². The maximum atomic E-state index is 11.9. The summed E-state index contributed by atoms with van der Waals surface area (Å²) in [6.07, 6.45) is 2.53. The molecule has 2 N–H and O–H groups in total. The first-order valence-electron chi connectivity index (χ1n) is 10.6. The monoisotopic (exact) mass is 498 g/mol. The highest BCUT2D eigenvalue weighted by atomic mass is 16.6. The van der Waals surface area contributed by atoms with E-state index in [1.807, 2.05) is 0 Å². The maximum absolute atomic E-state index is 11.9. The maximum Gasteiger partial charge on any atom is 0.308 e. The summed E-state index contributed by atoms with van der Waals surface area (Å²) in [5, 5.41) is 7.67. The molecule has 0 aliphatic carbocycles. The molecule has 0 fully saturated rings. The smallest absolute Gasteiger partial charge is 0.308 e. The molecule has 0 heterocycles. The largest absolute Gasteiger partial charge is 0.493 e. The summed E-state index contributed by atoms with van der Waals surface area (Å²) in [4.78, 5) is 46.1. The van der Waals surface area contributed by atoms with Gasteiger partial charge >= 0.3 is 11.9 Å². The molecule has 2 aromatic rings. The molecule has 2 amide bonds. The van der Waals surface area contributed by atoms with Gasteiger partial charge in [0.15, 0.2) is 23.0 Å². The molecule has 0 saturated heterocycles. The van der Waals surface area contributed by atoms with E-state index in [9.17, 15) is 19.2 Å². The van der Waals surface area contributed by atoms with Crippen molar-refractivity contribution in [2.75, 3.05) is 14.2 Å². The Hall–Kier alpha value is -4.74. The summed E-state index contributed by atoms with van der Waals surface area (Å²) in [7, 11) is 2.86. The van der Waals surface area contributed by atoms with Crippen molar-refractivity contribution in [2.24, 2.45) is 10.2 Å². The molecule has 0 saturated carbocycles. The lowest BCUT2D eigenvalue weighted by atomic mass is 10.2. The molecule has 12 heteroatoms. The zero-order chi connectivity index (χ0) is 26.5. The number of ether oxygens (including phenoxy) is 4. The Labute approximate surface area is 207 Å². The van der Waals surface area contributed by atoms with E-state index in [-0.39, 0.29) is 24.3 Å². The Balaban J connectivity index is 1.80. The molecule has 0 atom stereocenters. The average Bonchev–Trinajstić information content (AvgIpc) is 2.83. The zero-order valence-electron chi connectivity index (χ0n) is 20.2. The third-order valence-corrected chi connectivity index (χ3v) is 4.27. The SMILES string of the molecule is COc1cc(/C=N/NC(=O)CCC(=O)N/N=C/c2ccc(OC(C)=O)c(OC)c2)ccc1OC(C)=O. The van der Waals surface area contributed by atoms with Crippen LogP contribution in [-0.2, 0) is 19.2 Å². The summed E-state index contributed by atoms with van der Waals surface area (Å²) in [5.74, 6) is -0.720. The number of benzene rings is 2. The van der Waals surface area contributed by atoms with Crippen LogP contribution in [0.25, 0.3) is 0 Å². The molecular weight excluding hydrogens is 472 g/mol. The van der Waals surface area contributed by atoms with Gasteiger partial charge in [-0.2, -0.15) is 10.2 Å². The molecule has 2 rings (SSSR count). The Kier molecular flexibility index (Phi) is 10.6. The first-order valence-corrected chi connectivity index (χ1v) is 10.6. The van der Waals surface area contributed by atoms with Crippen LogP contribution in [0.2, 0.25) is 0 Å². The van der Waals surface area contributed by atoms with E-state index in [0.717, 1.165) is 0 Å². The van der Waals surface area contributed by atoms with E-state index < -0.39 is 23.8 Å². The Bertz CT molecular complexity index is 1090. The minimum absolute atomic E-state index is 0.113. The fraction of sp³-hybridized carbons (Fsp3) is 0.250. The number of carbonyl (C=O) groups is 4. The summed E-state index contributed by atoms with van der Waals surface area (Å²) in [5.41, 5.74) is 5.82. The van der Waals surface area contributed by atoms with E-state index in [1.54, 1.807) is 36.4 Å². The molecule has 0 unspecified atom stereocenters. The van der Waals surface area contributed by atoms with Crippen molar-refractivity contribution in [1.29, 1.82) is 0 Å². The Morgan fingerprint density at radius 1 is 0.694 bits per heavy atom. The van der Waals surface area contributed by atoms with Crippen molar-refractivity contribution in [2.45, 2.75) is 26.7 Å². The van der Waals surface area contributed by atoms with E-state index in [0.29, 0.717) is 22.6 Å². The van der Waals surface area contributed by atoms with Crippen molar-refractivity contribution in [3.63, 3.8) is 0 Å². The van der Waals surface area contributed by atoms with Crippen LogP contribution < -0.4 is 29.8 Å². The van der Waals surface area contributed by atoms with Crippen molar-refractivity contribution in [3.8, 4) is 23.0 Å². The van der Waals surface area contributed by atoms with Gasteiger partial charge in [0.25, 0.3) is 0 Å². The molecule has 12 nitrogen and oxygen atoms in total. The van der Waals surface area contributed by atoms with Crippen LogP contribution in [0, 0.1) is 0 Å². The van der Waals surface area contributed by atoms with Gasteiger partial charge in [-0.25, -0.2) is 10.9 Å². The van der Waals surface area contributed by atoms with Crippen molar-refractivity contribution < 1.29 is 38.1 Å². The number of esters is 2. The minimum atomic E-state index is -0.480. The Morgan fingerprint density at radius 3 is 1.42 bits per heavy atom. The van der Waals surface area contributed by atoms with E-state index in [4.69, 9.17) is 18.9 Å². The molecule has 2 aromatic carbocycles. The molecular formula is C24H26N4O8. The lowest BCUT2D eigenvalue weighted by molar-refractivity contribution is -0.132. The normalized spacial score (nSPS) is 10.7. The summed E-state index contributed by atoms with van der Waals surface area (Å²) in [6.45, 7) is 2.56. The fourth-order valence-electron chi connectivity index (χ4n) is 2.70. The number of amides is 2. The number of hydrazone groups is 2. The van der Waals surface area contributed by atoms with E-state index >= 15 is 0 Å². The highest BCUT2D eigenvalue weighted by Crippen LogP contribution is 2.28.